The van der Waals surface area contributed by atoms with Crippen molar-refractivity contribution >= 4 is 17.6 Å². The van der Waals surface area contributed by atoms with Crippen LogP contribution in [-0.2, 0) is 11.3 Å². The average Bonchev–Trinajstić information content (AvgIpc) is 3.24. The summed E-state index contributed by atoms with van der Waals surface area (Å²) in [5, 5.41) is 7.56. The highest BCUT2D eigenvalue weighted by atomic mass is 35.5. The summed E-state index contributed by atoms with van der Waals surface area (Å²) < 4.78 is 7.68. The normalized spacial score (nSPS) is 16.7. The zero-order valence-corrected chi connectivity index (χ0v) is 17.2. The summed E-state index contributed by atoms with van der Waals surface area (Å²) in [6.07, 6.45) is 4.13. The minimum atomic E-state index is 0.137. The van der Waals surface area contributed by atoms with Gasteiger partial charge in [-0.25, -0.2) is 0 Å². The molecule has 0 radical (unpaired) electrons. The van der Waals surface area contributed by atoms with Crippen molar-refractivity contribution in [1.29, 1.82) is 0 Å². The fourth-order valence-electron chi connectivity index (χ4n) is 3.39. The van der Waals surface area contributed by atoms with Crippen LogP contribution in [0, 0.1) is 0 Å². The van der Waals surface area contributed by atoms with Gasteiger partial charge < -0.3 is 19.9 Å². The third kappa shape index (κ3) is 5.99. The third-order valence-electron chi connectivity index (χ3n) is 4.85. The first-order valence-corrected chi connectivity index (χ1v) is 10.3. The number of guanidine groups is 1. The van der Waals surface area contributed by atoms with Crippen LogP contribution in [0.15, 0.2) is 53.8 Å². The highest BCUT2D eigenvalue weighted by molar-refractivity contribution is 6.31. The molecule has 3 rings (SSSR count). The molecule has 1 aromatic carbocycles. The van der Waals surface area contributed by atoms with E-state index in [9.17, 15) is 0 Å². The van der Waals surface area contributed by atoms with Crippen molar-refractivity contribution in [3.05, 3.63) is 59.4 Å². The highest BCUT2D eigenvalue weighted by Gasteiger charge is 2.24. The Kier molecular flexibility index (Phi) is 8.21. The van der Waals surface area contributed by atoms with Crippen LogP contribution < -0.4 is 10.6 Å². The lowest BCUT2D eigenvalue weighted by Gasteiger charge is -2.34. The quantitative estimate of drug-likeness (QED) is 0.525. The number of morpholine rings is 1. The second-order valence-electron chi connectivity index (χ2n) is 6.75. The van der Waals surface area contributed by atoms with Gasteiger partial charge in [0.05, 0.1) is 25.8 Å². The monoisotopic (exact) mass is 403 g/mol. The standard InChI is InChI=1S/C21H30ClN5O/c1-2-23-21(24-9-12-26-10-5-6-11-26)25-17-20(27-13-15-28-16-14-27)18-7-3-4-8-19(18)22/h3-8,10-11,20H,2,9,12-17H2,1H3,(H2,23,24,25). The van der Waals surface area contributed by atoms with Crippen LogP contribution in [0.2, 0.25) is 5.02 Å². The first-order chi connectivity index (χ1) is 13.8. The maximum atomic E-state index is 6.51. The molecule has 1 aliphatic heterocycles. The topological polar surface area (TPSA) is 53.8 Å². The Bertz CT molecular complexity index is 728. The van der Waals surface area contributed by atoms with Crippen molar-refractivity contribution in [2.24, 2.45) is 4.99 Å². The Balaban J connectivity index is 1.68. The number of nitrogens with one attached hydrogen (secondary N) is 2. The Morgan fingerprint density at radius 2 is 1.89 bits per heavy atom. The van der Waals surface area contributed by atoms with Gasteiger partial charge in [-0.15, -0.1) is 0 Å². The molecular weight excluding hydrogens is 374 g/mol. The highest BCUT2D eigenvalue weighted by Crippen LogP contribution is 2.28. The third-order valence-corrected chi connectivity index (χ3v) is 5.19. The number of aliphatic imine (C=N–C) groups is 1. The van der Waals surface area contributed by atoms with Crippen LogP contribution >= 0.6 is 11.6 Å². The minimum absolute atomic E-state index is 0.137. The lowest BCUT2D eigenvalue weighted by Crippen LogP contribution is -2.42. The lowest BCUT2D eigenvalue weighted by atomic mass is 10.0. The number of halogens is 1. The molecule has 6 nitrogen and oxygen atoms in total. The van der Waals surface area contributed by atoms with Gasteiger partial charge in [-0.3, -0.25) is 9.89 Å². The van der Waals surface area contributed by atoms with Crippen molar-refractivity contribution in [2.45, 2.75) is 19.5 Å². The van der Waals surface area contributed by atoms with Gasteiger partial charge in [-0.05, 0) is 30.7 Å². The maximum Gasteiger partial charge on any atom is 0.191 e. The molecule has 0 amide bonds. The van der Waals surface area contributed by atoms with E-state index >= 15 is 0 Å². The van der Waals surface area contributed by atoms with Gasteiger partial charge >= 0.3 is 0 Å². The van der Waals surface area contributed by atoms with E-state index in [1.54, 1.807) is 0 Å². The summed E-state index contributed by atoms with van der Waals surface area (Å²) in [6, 6.07) is 12.3. The largest absolute Gasteiger partial charge is 0.379 e. The summed E-state index contributed by atoms with van der Waals surface area (Å²) in [6.45, 7) is 8.54. The molecule has 2 heterocycles. The molecule has 28 heavy (non-hydrogen) atoms. The zero-order valence-electron chi connectivity index (χ0n) is 16.5. The molecule has 0 aliphatic carbocycles. The van der Waals surface area contributed by atoms with Gasteiger partial charge in [-0.2, -0.15) is 0 Å². The fraction of sp³-hybridized carbons (Fsp3) is 0.476. The maximum absolute atomic E-state index is 6.51. The van der Waals surface area contributed by atoms with Gasteiger partial charge in [0.25, 0.3) is 0 Å². The molecule has 152 valence electrons. The smallest absolute Gasteiger partial charge is 0.191 e. The number of ether oxygens (including phenoxy) is 1. The van der Waals surface area contributed by atoms with Gasteiger partial charge in [0.15, 0.2) is 5.96 Å². The van der Waals surface area contributed by atoms with Gasteiger partial charge in [0.1, 0.15) is 0 Å². The van der Waals surface area contributed by atoms with Crippen LogP contribution in [-0.4, -0.2) is 61.4 Å². The van der Waals surface area contributed by atoms with E-state index in [0.717, 1.165) is 62.5 Å². The molecule has 0 spiro atoms. The van der Waals surface area contributed by atoms with E-state index in [1.807, 2.05) is 30.3 Å². The molecule has 7 heteroatoms. The van der Waals surface area contributed by atoms with E-state index in [-0.39, 0.29) is 6.04 Å². The number of nitrogens with zero attached hydrogens (tertiary/aromatic N) is 3. The summed E-state index contributed by atoms with van der Waals surface area (Å²) >= 11 is 6.51. The van der Waals surface area contributed by atoms with E-state index in [4.69, 9.17) is 21.3 Å². The van der Waals surface area contributed by atoms with Crippen LogP contribution in [0.5, 0.6) is 0 Å². The molecule has 1 aromatic heterocycles. The van der Waals surface area contributed by atoms with Crippen molar-refractivity contribution in [3.8, 4) is 0 Å². The van der Waals surface area contributed by atoms with Gasteiger partial charge in [0, 0.05) is 50.1 Å². The molecule has 1 aliphatic rings. The Morgan fingerprint density at radius 3 is 2.61 bits per heavy atom. The fourth-order valence-corrected chi connectivity index (χ4v) is 3.65. The first-order valence-electron chi connectivity index (χ1n) is 9.97. The Labute approximate surface area is 172 Å². The molecule has 0 saturated carbocycles. The second-order valence-corrected chi connectivity index (χ2v) is 7.16. The summed E-state index contributed by atoms with van der Waals surface area (Å²) in [5.74, 6) is 0.833. The Morgan fingerprint density at radius 1 is 1.14 bits per heavy atom. The molecule has 2 N–H and O–H groups in total. The van der Waals surface area contributed by atoms with Crippen LogP contribution in [0.4, 0.5) is 0 Å². The van der Waals surface area contributed by atoms with Crippen molar-refractivity contribution < 1.29 is 4.74 Å². The van der Waals surface area contributed by atoms with Gasteiger partial charge in [-0.1, -0.05) is 29.8 Å². The van der Waals surface area contributed by atoms with Crippen molar-refractivity contribution in [2.75, 3.05) is 45.9 Å². The molecule has 2 aromatic rings. The molecular formula is C21H30ClN5O. The lowest BCUT2D eigenvalue weighted by molar-refractivity contribution is 0.0180. The van der Waals surface area contributed by atoms with E-state index in [2.05, 4.69) is 45.5 Å². The van der Waals surface area contributed by atoms with Crippen molar-refractivity contribution in [1.82, 2.24) is 20.1 Å². The summed E-state index contributed by atoms with van der Waals surface area (Å²) in [4.78, 5) is 7.28. The number of benzene rings is 1. The molecule has 1 unspecified atom stereocenters. The zero-order chi connectivity index (χ0) is 19.6. The SMILES string of the molecule is CCNC(=NCC(c1ccccc1Cl)N1CCOCC1)NCCn1cccc1. The number of rotatable bonds is 8. The molecule has 1 saturated heterocycles. The predicted molar refractivity (Wildman–Crippen MR) is 115 cm³/mol. The number of hydrogen-bond acceptors (Lipinski definition) is 3. The Hall–Kier alpha value is -2.02. The predicted octanol–water partition coefficient (Wildman–Crippen LogP) is 2.77. The first kappa shape index (κ1) is 20.7. The molecule has 1 atom stereocenters. The van der Waals surface area contributed by atoms with Crippen LogP contribution in [0.1, 0.15) is 18.5 Å². The van der Waals surface area contributed by atoms with E-state index in [1.165, 1.54) is 0 Å². The van der Waals surface area contributed by atoms with E-state index in [0.29, 0.717) is 6.54 Å². The number of hydrogen-bond donors (Lipinski definition) is 2. The van der Waals surface area contributed by atoms with Crippen LogP contribution in [0.3, 0.4) is 0 Å². The summed E-state index contributed by atoms with van der Waals surface area (Å²) in [5.41, 5.74) is 1.12. The van der Waals surface area contributed by atoms with Crippen LogP contribution in [0.25, 0.3) is 0 Å². The molecule has 0 bridgehead atoms. The summed E-state index contributed by atoms with van der Waals surface area (Å²) in [7, 11) is 0. The van der Waals surface area contributed by atoms with Gasteiger partial charge in [0.2, 0.25) is 0 Å². The molecule has 1 fully saturated rings. The van der Waals surface area contributed by atoms with Crippen molar-refractivity contribution in [3.63, 3.8) is 0 Å². The number of aromatic nitrogens is 1. The minimum Gasteiger partial charge on any atom is -0.379 e. The second kappa shape index (κ2) is 11.1. The average molecular weight is 404 g/mol. The van der Waals surface area contributed by atoms with E-state index < -0.39 is 0 Å².